The summed E-state index contributed by atoms with van der Waals surface area (Å²) in [6.45, 7) is 4.09. The molecule has 0 saturated heterocycles. The van der Waals surface area contributed by atoms with Gasteiger partial charge in [-0.2, -0.15) is 0 Å². The molecular weight excluding hydrogens is 448 g/mol. The Bertz CT molecular complexity index is 1260. The minimum Gasteiger partial charge on any atom is -0.441 e. The fourth-order valence-corrected chi connectivity index (χ4v) is 4.24. The summed E-state index contributed by atoms with van der Waals surface area (Å²) in [5.74, 6) is 1.03. The number of rotatable bonds is 9. The van der Waals surface area contributed by atoms with Crippen LogP contribution in [0, 0.1) is 13.8 Å². The molecule has 0 saturated carbocycles. The maximum atomic E-state index is 12.3. The fraction of sp³-hybridized carbons (Fsp3) is 0.231. The Morgan fingerprint density at radius 3 is 2.47 bits per heavy atom. The second-order valence-electron chi connectivity index (χ2n) is 7.95. The number of oxazole rings is 1. The van der Waals surface area contributed by atoms with Crippen LogP contribution >= 0.6 is 11.3 Å². The third kappa shape index (κ3) is 6.17. The Morgan fingerprint density at radius 2 is 1.76 bits per heavy atom. The third-order valence-corrected chi connectivity index (χ3v) is 6.39. The second-order valence-corrected chi connectivity index (χ2v) is 8.89. The molecule has 2 heterocycles. The van der Waals surface area contributed by atoms with Crippen LogP contribution in [0.15, 0.2) is 64.5 Å². The van der Waals surface area contributed by atoms with Crippen LogP contribution in [-0.4, -0.2) is 21.8 Å². The van der Waals surface area contributed by atoms with Gasteiger partial charge in [0.05, 0.1) is 24.2 Å². The van der Waals surface area contributed by atoms with Crippen molar-refractivity contribution in [1.29, 1.82) is 0 Å². The number of aromatic nitrogens is 2. The van der Waals surface area contributed by atoms with Crippen molar-refractivity contribution in [2.45, 2.75) is 39.7 Å². The molecule has 174 valence electrons. The smallest absolute Gasteiger partial charge is 0.228 e. The van der Waals surface area contributed by atoms with Gasteiger partial charge in [-0.05, 0) is 50.1 Å². The average molecular weight is 475 g/mol. The Morgan fingerprint density at radius 1 is 1.00 bits per heavy atom. The molecule has 0 fully saturated rings. The highest BCUT2D eigenvalue weighted by atomic mass is 32.1. The van der Waals surface area contributed by atoms with Crippen molar-refractivity contribution in [3.05, 3.63) is 87.7 Å². The molecule has 0 aliphatic rings. The van der Waals surface area contributed by atoms with E-state index in [-0.39, 0.29) is 11.8 Å². The maximum Gasteiger partial charge on any atom is 0.228 e. The zero-order chi connectivity index (χ0) is 23.9. The van der Waals surface area contributed by atoms with Crippen LogP contribution in [0.1, 0.15) is 34.0 Å². The Kier molecular flexibility index (Phi) is 7.49. The molecule has 0 bridgehead atoms. The van der Waals surface area contributed by atoms with Gasteiger partial charge in [0.1, 0.15) is 11.5 Å². The number of thiazole rings is 1. The van der Waals surface area contributed by atoms with Crippen LogP contribution < -0.4 is 10.6 Å². The lowest BCUT2D eigenvalue weighted by Gasteiger charge is -2.06. The largest absolute Gasteiger partial charge is 0.441 e. The lowest BCUT2D eigenvalue weighted by atomic mass is 10.1. The summed E-state index contributed by atoms with van der Waals surface area (Å²) in [5, 5.41) is 5.82. The number of carbonyl (C=O) groups excluding carboxylic acids is 2. The van der Waals surface area contributed by atoms with Gasteiger partial charge in [-0.15, -0.1) is 11.3 Å². The molecule has 4 rings (SSSR count). The molecule has 2 amide bonds. The third-order valence-electron chi connectivity index (χ3n) is 5.39. The lowest BCUT2D eigenvalue weighted by Crippen LogP contribution is -2.23. The predicted octanol–water partition coefficient (Wildman–Crippen LogP) is 4.85. The molecule has 4 aromatic rings. The molecule has 0 atom stereocenters. The molecule has 8 heteroatoms. The SMILES string of the molecule is Cc1ncsc1CCC(=O)NCc1nc(-c2ccc(NC(=O)Cc3ccccc3)cc2)oc1C. The van der Waals surface area contributed by atoms with E-state index in [1.54, 1.807) is 16.8 Å². The summed E-state index contributed by atoms with van der Waals surface area (Å²) in [4.78, 5) is 34.4. The number of anilines is 1. The Labute approximate surface area is 202 Å². The summed E-state index contributed by atoms with van der Waals surface area (Å²) in [7, 11) is 0. The van der Waals surface area contributed by atoms with Crippen LogP contribution in [0.3, 0.4) is 0 Å². The molecule has 2 aromatic carbocycles. The fourth-order valence-electron chi connectivity index (χ4n) is 3.46. The van der Waals surface area contributed by atoms with E-state index in [0.717, 1.165) is 21.7 Å². The molecular formula is C26H26N4O3S. The molecule has 2 N–H and O–H groups in total. The number of nitrogens with one attached hydrogen (secondary N) is 2. The van der Waals surface area contributed by atoms with Gasteiger partial charge in [0.2, 0.25) is 17.7 Å². The van der Waals surface area contributed by atoms with Crippen molar-refractivity contribution >= 4 is 28.8 Å². The van der Waals surface area contributed by atoms with Gasteiger partial charge in [-0.1, -0.05) is 30.3 Å². The van der Waals surface area contributed by atoms with Gasteiger partial charge in [0.25, 0.3) is 0 Å². The van der Waals surface area contributed by atoms with Crippen molar-refractivity contribution in [3.63, 3.8) is 0 Å². The zero-order valence-corrected chi connectivity index (χ0v) is 19.9. The number of hydrogen-bond acceptors (Lipinski definition) is 6. The molecule has 0 radical (unpaired) electrons. The van der Waals surface area contributed by atoms with E-state index in [1.165, 1.54) is 0 Å². The minimum absolute atomic E-state index is 0.0349. The summed E-state index contributed by atoms with van der Waals surface area (Å²) >= 11 is 1.57. The standard InChI is InChI=1S/C26H26N4O3S/c1-17-23(34-16-28-17)12-13-24(31)27-15-22-18(2)33-26(30-22)20-8-10-21(11-9-20)29-25(32)14-19-6-4-3-5-7-19/h3-11,16H,12-15H2,1-2H3,(H,27,31)(H,29,32). The van der Waals surface area contributed by atoms with Crippen molar-refractivity contribution in [2.75, 3.05) is 5.32 Å². The lowest BCUT2D eigenvalue weighted by molar-refractivity contribution is -0.121. The van der Waals surface area contributed by atoms with Crippen molar-refractivity contribution in [2.24, 2.45) is 0 Å². The zero-order valence-electron chi connectivity index (χ0n) is 19.1. The van der Waals surface area contributed by atoms with E-state index < -0.39 is 0 Å². The topological polar surface area (TPSA) is 97.1 Å². The van der Waals surface area contributed by atoms with E-state index in [4.69, 9.17) is 4.42 Å². The van der Waals surface area contributed by atoms with Gasteiger partial charge in [-0.3, -0.25) is 9.59 Å². The summed E-state index contributed by atoms with van der Waals surface area (Å²) in [6.07, 6.45) is 1.41. The first-order chi connectivity index (χ1) is 16.5. The Hall–Kier alpha value is -3.78. The first-order valence-electron chi connectivity index (χ1n) is 11.0. The molecule has 0 aliphatic heterocycles. The second kappa shape index (κ2) is 10.9. The van der Waals surface area contributed by atoms with Crippen molar-refractivity contribution in [1.82, 2.24) is 15.3 Å². The molecule has 0 unspecified atom stereocenters. The number of aryl methyl sites for hydroxylation is 3. The summed E-state index contributed by atoms with van der Waals surface area (Å²) in [5.41, 5.74) is 5.94. The highest BCUT2D eigenvalue weighted by molar-refractivity contribution is 7.09. The quantitative estimate of drug-likeness (QED) is 0.362. The van der Waals surface area contributed by atoms with Crippen LogP contribution in [0.25, 0.3) is 11.5 Å². The maximum absolute atomic E-state index is 12.3. The highest BCUT2D eigenvalue weighted by Crippen LogP contribution is 2.23. The first-order valence-corrected chi connectivity index (χ1v) is 11.9. The first kappa shape index (κ1) is 23.4. The van der Waals surface area contributed by atoms with E-state index in [9.17, 15) is 9.59 Å². The van der Waals surface area contributed by atoms with Gasteiger partial charge in [-0.25, -0.2) is 9.97 Å². The predicted molar refractivity (Wildman–Crippen MR) is 132 cm³/mol. The highest BCUT2D eigenvalue weighted by Gasteiger charge is 2.13. The summed E-state index contributed by atoms with van der Waals surface area (Å²) in [6, 6.07) is 17.0. The number of hydrogen-bond donors (Lipinski definition) is 2. The van der Waals surface area contributed by atoms with Gasteiger partial charge in [0, 0.05) is 22.5 Å². The van der Waals surface area contributed by atoms with Gasteiger partial charge in [0.15, 0.2) is 0 Å². The normalized spacial score (nSPS) is 10.8. The van der Waals surface area contributed by atoms with Gasteiger partial charge < -0.3 is 15.1 Å². The minimum atomic E-state index is -0.0746. The molecule has 2 aromatic heterocycles. The van der Waals surface area contributed by atoms with E-state index >= 15 is 0 Å². The van der Waals surface area contributed by atoms with Crippen LogP contribution in [0.2, 0.25) is 0 Å². The summed E-state index contributed by atoms with van der Waals surface area (Å²) < 4.78 is 5.81. The van der Waals surface area contributed by atoms with Crippen molar-refractivity contribution in [3.8, 4) is 11.5 Å². The molecule has 0 spiro atoms. The van der Waals surface area contributed by atoms with Crippen LogP contribution in [0.4, 0.5) is 5.69 Å². The van der Waals surface area contributed by atoms with E-state index in [1.807, 2.05) is 68.4 Å². The van der Waals surface area contributed by atoms with E-state index in [0.29, 0.717) is 48.8 Å². The number of benzene rings is 2. The molecule has 0 aliphatic carbocycles. The molecule has 7 nitrogen and oxygen atoms in total. The van der Waals surface area contributed by atoms with Crippen LogP contribution in [0.5, 0.6) is 0 Å². The number of nitrogens with zero attached hydrogens (tertiary/aromatic N) is 2. The van der Waals surface area contributed by atoms with Gasteiger partial charge >= 0.3 is 0 Å². The Balaban J connectivity index is 1.30. The monoisotopic (exact) mass is 474 g/mol. The number of carbonyl (C=O) groups is 2. The molecule has 34 heavy (non-hydrogen) atoms. The van der Waals surface area contributed by atoms with Crippen molar-refractivity contribution < 1.29 is 14.0 Å². The number of amides is 2. The van der Waals surface area contributed by atoms with E-state index in [2.05, 4.69) is 20.6 Å². The average Bonchev–Trinajstić information content (AvgIpc) is 3.42. The van der Waals surface area contributed by atoms with Crippen LogP contribution in [-0.2, 0) is 29.0 Å².